The number of ketones is 1. The number of fused-ring (bicyclic) bond motifs is 2. The maximum absolute atomic E-state index is 16.1. The van der Waals surface area contributed by atoms with Crippen molar-refractivity contribution in [1.29, 1.82) is 0 Å². The van der Waals surface area contributed by atoms with Crippen molar-refractivity contribution >= 4 is 34.9 Å². The number of amides is 1. The number of ether oxygens (including phenoxy) is 1. The number of aromatic nitrogens is 1. The Labute approximate surface area is 177 Å². The molecule has 0 radical (unpaired) electrons. The lowest BCUT2D eigenvalue weighted by molar-refractivity contribution is -0.153. The molecule has 1 aromatic carbocycles. The van der Waals surface area contributed by atoms with Crippen LogP contribution in [0.2, 0.25) is 10.0 Å². The van der Waals surface area contributed by atoms with E-state index in [-0.39, 0.29) is 43.9 Å². The predicted octanol–water partition coefficient (Wildman–Crippen LogP) is 3.89. The molecule has 4 rings (SSSR count). The summed E-state index contributed by atoms with van der Waals surface area (Å²) >= 11 is 12.1. The van der Waals surface area contributed by atoms with Gasteiger partial charge >= 0.3 is 0 Å². The maximum Gasteiger partial charge on any atom is 0.246 e. The Hall–Kier alpha value is -2.02. The van der Waals surface area contributed by atoms with Crippen molar-refractivity contribution in [1.82, 2.24) is 10.3 Å². The molecule has 2 aliphatic rings. The minimum absolute atomic E-state index is 0.00319. The average molecular weight is 437 g/mol. The largest absolute Gasteiger partial charge is 0.357 e. The lowest BCUT2D eigenvalue weighted by Gasteiger charge is -2.44. The fourth-order valence-electron chi connectivity index (χ4n) is 4.04. The van der Waals surface area contributed by atoms with Crippen molar-refractivity contribution in [3.8, 4) is 0 Å². The number of rotatable bonds is 4. The van der Waals surface area contributed by atoms with E-state index in [1.54, 1.807) is 36.5 Å². The van der Waals surface area contributed by atoms with Gasteiger partial charge in [-0.2, -0.15) is 0 Å². The van der Waals surface area contributed by atoms with Crippen molar-refractivity contribution in [3.63, 3.8) is 0 Å². The van der Waals surface area contributed by atoms with Crippen LogP contribution >= 0.6 is 23.2 Å². The van der Waals surface area contributed by atoms with Crippen LogP contribution in [0.4, 0.5) is 4.39 Å². The van der Waals surface area contributed by atoms with Gasteiger partial charge < -0.3 is 10.1 Å². The van der Waals surface area contributed by atoms with E-state index in [1.165, 1.54) is 0 Å². The van der Waals surface area contributed by atoms with Gasteiger partial charge in [0, 0.05) is 28.2 Å². The summed E-state index contributed by atoms with van der Waals surface area (Å²) < 4.78 is 21.8. The van der Waals surface area contributed by atoms with Gasteiger partial charge in [0.1, 0.15) is 12.2 Å². The lowest BCUT2D eigenvalue weighted by Crippen LogP contribution is -2.55. The molecule has 1 spiro atoms. The van der Waals surface area contributed by atoms with E-state index in [2.05, 4.69) is 10.3 Å². The van der Waals surface area contributed by atoms with Crippen molar-refractivity contribution in [3.05, 3.63) is 63.4 Å². The van der Waals surface area contributed by atoms with Crippen LogP contribution in [0.5, 0.6) is 0 Å². The Morgan fingerprint density at radius 2 is 2.10 bits per heavy atom. The number of carbonyl (C=O) groups is 2. The highest BCUT2D eigenvalue weighted by atomic mass is 35.5. The van der Waals surface area contributed by atoms with E-state index in [9.17, 15) is 9.59 Å². The molecule has 5 nitrogen and oxygen atoms in total. The summed E-state index contributed by atoms with van der Waals surface area (Å²) in [6, 6.07) is 8.23. The fourth-order valence-corrected chi connectivity index (χ4v) is 4.54. The van der Waals surface area contributed by atoms with Gasteiger partial charge in [-0.05, 0) is 43.0 Å². The van der Waals surface area contributed by atoms with Gasteiger partial charge in [-0.25, -0.2) is 4.39 Å². The van der Waals surface area contributed by atoms with E-state index in [0.717, 1.165) is 5.56 Å². The normalized spacial score (nSPS) is 26.1. The van der Waals surface area contributed by atoms with Crippen LogP contribution in [0, 0.1) is 0 Å². The highest BCUT2D eigenvalue weighted by Gasteiger charge is 2.53. The van der Waals surface area contributed by atoms with Crippen molar-refractivity contribution < 1.29 is 18.7 Å². The monoisotopic (exact) mass is 436 g/mol. The van der Waals surface area contributed by atoms with Crippen LogP contribution < -0.4 is 5.32 Å². The zero-order chi connectivity index (χ0) is 20.6. The molecule has 8 heteroatoms. The number of Topliss-reactive ketones (excluding diaryl/α,β-unsaturated/α-hetero) is 1. The molecule has 29 heavy (non-hydrogen) atoms. The Morgan fingerprint density at radius 3 is 2.83 bits per heavy atom. The van der Waals surface area contributed by atoms with Crippen LogP contribution in [-0.2, 0) is 32.0 Å². The molecule has 1 fully saturated rings. The number of nitrogens with one attached hydrogen (secondary N) is 1. The second-order valence-electron chi connectivity index (χ2n) is 7.42. The van der Waals surface area contributed by atoms with Gasteiger partial charge in [-0.3, -0.25) is 14.6 Å². The third kappa shape index (κ3) is 3.65. The maximum atomic E-state index is 16.1. The predicted molar refractivity (Wildman–Crippen MR) is 107 cm³/mol. The first-order valence-corrected chi connectivity index (χ1v) is 10.1. The number of morpholine rings is 1. The number of hydrogen-bond donors (Lipinski definition) is 1. The summed E-state index contributed by atoms with van der Waals surface area (Å²) in [5, 5.41) is 3.72. The van der Waals surface area contributed by atoms with E-state index < -0.39 is 17.1 Å². The lowest BCUT2D eigenvalue weighted by atomic mass is 9.72. The first-order chi connectivity index (χ1) is 13.8. The molecule has 2 atom stereocenters. The molecule has 0 unspecified atom stereocenters. The number of nitrogens with zero attached hydrogens (tertiary/aromatic N) is 1. The molecule has 0 bridgehead atoms. The number of aryl methyl sites for hydroxylation is 1. The number of pyridine rings is 1. The highest BCUT2D eigenvalue weighted by molar-refractivity contribution is 6.35. The zero-order valence-corrected chi connectivity index (χ0v) is 17.0. The molecular weight excluding hydrogens is 418 g/mol. The Bertz CT molecular complexity index is 974. The molecular formula is C21H19Cl2FN2O3. The van der Waals surface area contributed by atoms with Gasteiger partial charge in [0.15, 0.2) is 11.5 Å². The molecule has 1 aliphatic carbocycles. The van der Waals surface area contributed by atoms with Crippen molar-refractivity contribution in [2.75, 3.05) is 13.2 Å². The first-order valence-electron chi connectivity index (χ1n) is 9.37. The number of benzene rings is 1. The van der Waals surface area contributed by atoms with Crippen LogP contribution in [0.1, 0.15) is 36.1 Å². The molecule has 1 aliphatic heterocycles. The standard InChI is InChI=1S/C21H19Cl2FN2O3/c22-14-5-3-13(16(23)10-14)4-6-17(27)21(24)8-7-20(12-26-18(28)11-29-20)19-15(21)2-1-9-25-19/h1-3,5,9-10H,4,6-8,11-12H2,(H,26,28)/t20-,21+/m1/s1. The summed E-state index contributed by atoms with van der Waals surface area (Å²) in [4.78, 5) is 28.8. The van der Waals surface area contributed by atoms with Crippen LogP contribution in [0.3, 0.4) is 0 Å². The Balaban J connectivity index is 1.59. The minimum Gasteiger partial charge on any atom is -0.357 e. The molecule has 1 saturated heterocycles. The van der Waals surface area contributed by atoms with E-state index in [4.69, 9.17) is 27.9 Å². The molecule has 2 aromatic rings. The Kier molecular flexibility index (Phi) is 5.36. The summed E-state index contributed by atoms with van der Waals surface area (Å²) in [6.07, 6.45) is 2.07. The smallest absolute Gasteiger partial charge is 0.246 e. The second-order valence-corrected chi connectivity index (χ2v) is 8.26. The van der Waals surface area contributed by atoms with E-state index in [0.29, 0.717) is 22.2 Å². The summed E-state index contributed by atoms with van der Waals surface area (Å²) in [5.41, 5.74) is -1.72. The van der Waals surface area contributed by atoms with E-state index >= 15 is 4.39 Å². The van der Waals surface area contributed by atoms with Gasteiger partial charge in [-0.1, -0.05) is 35.3 Å². The van der Waals surface area contributed by atoms with Crippen molar-refractivity contribution in [2.24, 2.45) is 0 Å². The van der Waals surface area contributed by atoms with Crippen molar-refractivity contribution in [2.45, 2.75) is 37.0 Å². The minimum atomic E-state index is -2.15. The first kappa shape index (κ1) is 20.3. The van der Waals surface area contributed by atoms with Crippen LogP contribution in [-0.4, -0.2) is 29.8 Å². The molecule has 1 N–H and O–H groups in total. The number of carbonyl (C=O) groups excluding carboxylic acids is 2. The van der Waals surface area contributed by atoms with Gasteiger partial charge in [0.2, 0.25) is 5.91 Å². The molecule has 1 aromatic heterocycles. The van der Waals surface area contributed by atoms with Crippen LogP contribution in [0.25, 0.3) is 0 Å². The number of hydrogen-bond acceptors (Lipinski definition) is 4. The second kappa shape index (κ2) is 7.67. The third-order valence-electron chi connectivity index (χ3n) is 5.67. The number of halogens is 3. The topological polar surface area (TPSA) is 68.3 Å². The van der Waals surface area contributed by atoms with Gasteiger partial charge in [0.05, 0.1) is 12.2 Å². The fraction of sp³-hybridized carbons (Fsp3) is 0.381. The highest BCUT2D eigenvalue weighted by Crippen LogP contribution is 2.48. The average Bonchev–Trinajstić information content (AvgIpc) is 2.72. The molecule has 2 heterocycles. The number of alkyl halides is 1. The van der Waals surface area contributed by atoms with Gasteiger partial charge in [-0.15, -0.1) is 0 Å². The molecule has 0 saturated carbocycles. The van der Waals surface area contributed by atoms with E-state index in [1.807, 2.05) is 0 Å². The molecule has 152 valence electrons. The third-order valence-corrected chi connectivity index (χ3v) is 6.26. The summed E-state index contributed by atoms with van der Waals surface area (Å²) in [7, 11) is 0. The van der Waals surface area contributed by atoms with Gasteiger partial charge in [0.25, 0.3) is 0 Å². The zero-order valence-electron chi connectivity index (χ0n) is 15.5. The molecule has 1 amide bonds. The van der Waals surface area contributed by atoms with Crippen LogP contribution in [0.15, 0.2) is 36.5 Å². The summed E-state index contributed by atoms with van der Waals surface area (Å²) in [6.45, 7) is 0.0960. The summed E-state index contributed by atoms with van der Waals surface area (Å²) in [5.74, 6) is -0.742. The Morgan fingerprint density at radius 1 is 1.28 bits per heavy atom. The quantitative estimate of drug-likeness (QED) is 0.788. The SMILES string of the molecule is O=C1CO[C@]2(CC[C@@](F)(C(=O)CCc3ccc(Cl)cc3Cl)c3cccnc32)CN1.